The lowest BCUT2D eigenvalue weighted by Gasteiger charge is -2.16. The number of hydrogen-bond acceptors (Lipinski definition) is 3. The van der Waals surface area contributed by atoms with Gasteiger partial charge in [-0.05, 0) is 30.7 Å². The van der Waals surface area contributed by atoms with E-state index in [0.717, 1.165) is 16.8 Å². The minimum absolute atomic E-state index is 0.403. The Hall–Kier alpha value is -1.87. The standard InChI is InChI=1S/C16H19ClN2O/c1-11-4-5-12(14(17)8-11)10-20-16-9-13(19(2)3)6-7-15(16)18/h4-9H,10,18H2,1-3H3. The molecule has 0 aromatic heterocycles. The summed E-state index contributed by atoms with van der Waals surface area (Å²) in [7, 11) is 3.96. The minimum atomic E-state index is 0.403. The first-order chi connectivity index (χ1) is 9.47. The van der Waals surface area contributed by atoms with Crippen LogP contribution in [0.4, 0.5) is 11.4 Å². The largest absolute Gasteiger partial charge is 0.487 e. The van der Waals surface area contributed by atoms with E-state index in [1.807, 2.05) is 62.3 Å². The Morgan fingerprint density at radius 1 is 1.15 bits per heavy atom. The van der Waals surface area contributed by atoms with Gasteiger partial charge in [-0.3, -0.25) is 0 Å². The molecule has 106 valence electrons. The van der Waals surface area contributed by atoms with Gasteiger partial charge in [0.05, 0.1) is 5.69 Å². The number of nitrogens with two attached hydrogens (primary N) is 1. The van der Waals surface area contributed by atoms with Crippen LogP contribution in [0.25, 0.3) is 0 Å². The second-order valence-electron chi connectivity index (χ2n) is 5.00. The number of benzene rings is 2. The number of hydrogen-bond donors (Lipinski definition) is 1. The maximum absolute atomic E-state index is 6.20. The third-order valence-electron chi connectivity index (χ3n) is 3.11. The number of aryl methyl sites for hydroxylation is 1. The zero-order valence-electron chi connectivity index (χ0n) is 12.0. The van der Waals surface area contributed by atoms with E-state index >= 15 is 0 Å². The monoisotopic (exact) mass is 290 g/mol. The highest BCUT2D eigenvalue weighted by Gasteiger charge is 2.06. The van der Waals surface area contributed by atoms with Crippen molar-refractivity contribution in [2.24, 2.45) is 0 Å². The average Bonchev–Trinajstić information content (AvgIpc) is 2.39. The summed E-state index contributed by atoms with van der Waals surface area (Å²) >= 11 is 6.20. The molecular weight excluding hydrogens is 272 g/mol. The third-order valence-corrected chi connectivity index (χ3v) is 3.46. The van der Waals surface area contributed by atoms with Crippen molar-refractivity contribution in [3.63, 3.8) is 0 Å². The Morgan fingerprint density at radius 3 is 2.55 bits per heavy atom. The fraction of sp³-hybridized carbons (Fsp3) is 0.250. The van der Waals surface area contributed by atoms with Gasteiger partial charge >= 0.3 is 0 Å². The number of anilines is 2. The van der Waals surface area contributed by atoms with Gasteiger partial charge in [0.25, 0.3) is 0 Å². The summed E-state index contributed by atoms with van der Waals surface area (Å²) in [5.74, 6) is 0.674. The highest BCUT2D eigenvalue weighted by Crippen LogP contribution is 2.28. The van der Waals surface area contributed by atoms with Crippen LogP contribution in [-0.2, 0) is 6.61 Å². The van der Waals surface area contributed by atoms with E-state index in [9.17, 15) is 0 Å². The SMILES string of the molecule is Cc1ccc(COc2cc(N(C)C)ccc2N)c(Cl)c1. The van der Waals surface area contributed by atoms with Crippen LogP contribution in [0.15, 0.2) is 36.4 Å². The van der Waals surface area contributed by atoms with Crippen LogP contribution in [0, 0.1) is 6.92 Å². The number of nitrogen functional groups attached to an aromatic ring is 1. The molecule has 4 heteroatoms. The Kier molecular flexibility index (Phi) is 4.40. The Bertz CT molecular complexity index is 611. The van der Waals surface area contributed by atoms with Gasteiger partial charge in [-0.25, -0.2) is 0 Å². The zero-order chi connectivity index (χ0) is 14.7. The topological polar surface area (TPSA) is 38.5 Å². The van der Waals surface area contributed by atoms with Crippen molar-refractivity contribution < 1.29 is 4.74 Å². The lowest BCUT2D eigenvalue weighted by Crippen LogP contribution is -2.09. The molecule has 0 bridgehead atoms. The van der Waals surface area contributed by atoms with E-state index in [1.54, 1.807) is 0 Å². The van der Waals surface area contributed by atoms with Gasteiger partial charge in [0.2, 0.25) is 0 Å². The van der Waals surface area contributed by atoms with Crippen molar-refractivity contribution in [3.8, 4) is 5.75 Å². The van der Waals surface area contributed by atoms with Gasteiger partial charge < -0.3 is 15.4 Å². The molecule has 0 saturated heterocycles. The second kappa shape index (κ2) is 6.06. The molecule has 3 nitrogen and oxygen atoms in total. The summed E-state index contributed by atoms with van der Waals surface area (Å²) in [6.45, 7) is 2.41. The van der Waals surface area contributed by atoms with E-state index in [2.05, 4.69) is 0 Å². The summed E-state index contributed by atoms with van der Waals surface area (Å²) in [6.07, 6.45) is 0. The molecular formula is C16H19ClN2O. The van der Waals surface area contributed by atoms with Crippen molar-refractivity contribution in [1.82, 2.24) is 0 Å². The summed E-state index contributed by atoms with van der Waals surface area (Å²) in [5, 5.41) is 0.715. The van der Waals surface area contributed by atoms with Crippen LogP contribution in [0.3, 0.4) is 0 Å². The number of halogens is 1. The van der Waals surface area contributed by atoms with Crippen molar-refractivity contribution >= 4 is 23.0 Å². The van der Waals surface area contributed by atoms with Crippen LogP contribution in [-0.4, -0.2) is 14.1 Å². The lowest BCUT2D eigenvalue weighted by molar-refractivity contribution is 0.308. The third kappa shape index (κ3) is 3.36. The summed E-state index contributed by atoms with van der Waals surface area (Å²) in [5.41, 5.74) is 9.69. The predicted octanol–water partition coefficient (Wildman–Crippen LogP) is 3.88. The number of nitrogens with zero attached hydrogens (tertiary/aromatic N) is 1. The molecule has 0 radical (unpaired) electrons. The van der Waals surface area contributed by atoms with E-state index in [0.29, 0.717) is 23.1 Å². The van der Waals surface area contributed by atoms with Gasteiger partial charge in [-0.2, -0.15) is 0 Å². The molecule has 0 amide bonds. The van der Waals surface area contributed by atoms with Crippen LogP contribution in [0.2, 0.25) is 5.02 Å². The Labute approximate surface area is 124 Å². The van der Waals surface area contributed by atoms with E-state index in [1.165, 1.54) is 0 Å². The van der Waals surface area contributed by atoms with Gasteiger partial charge in [0, 0.05) is 36.4 Å². The van der Waals surface area contributed by atoms with Crippen molar-refractivity contribution in [2.75, 3.05) is 24.7 Å². The first-order valence-electron chi connectivity index (χ1n) is 6.42. The first-order valence-corrected chi connectivity index (χ1v) is 6.80. The lowest BCUT2D eigenvalue weighted by atomic mass is 10.1. The molecule has 2 aromatic carbocycles. The van der Waals surface area contributed by atoms with Gasteiger partial charge in [0.15, 0.2) is 0 Å². The molecule has 0 heterocycles. The molecule has 0 atom stereocenters. The molecule has 2 rings (SSSR count). The van der Waals surface area contributed by atoms with Gasteiger partial charge in [-0.1, -0.05) is 23.7 Å². The summed E-state index contributed by atoms with van der Waals surface area (Å²) < 4.78 is 5.80. The number of rotatable bonds is 4. The molecule has 0 aliphatic carbocycles. The van der Waals surface area contributed by atoms with Crippen molar-refractivity contribution in [2.45, 2.75) is 13.5 Å². The zero-order valence-corrected chi connectivity index (χ0v) is 12.7. The highest BCUT2D eigenvalue weighted by molar-refractivity contribution is 6.31. The molecule has 0 unspecified atom stereocenters. The molecule has 0 spiro atoms. The van der Waals surface area contributed by atoms with Gasteiger partial charge in [0.1, 0.15) is 12.4 Å². The number of ether oxygens (including phenoxy) is 1. The first kappa shape index (κ1) is 14.5. The van der Waals surface area contributed by atoms with E-state index in [-0.39, 0.29) is 0 Å². The fourth-order valence-electron chi connectivity index (χ4n) is 1.85. The minimum Gasteiger partial charge on any atom is -0.487 e. The maximum Gasteiger partial charge on any atom is 0.144 e. The van der Waals surface area contributed by atoms with Crippen LogP contribution >= 0.6 is 11.6 Å². The molecule has 0 aliphatic heterocycles. The molecule has 0 fully saturated rings. The summed E-state index contributed by atoms with van der Waals surface area (Å²) in [6, 6.07) is 11.7. The smallest absolute Gasteiger partial charge is 0.144 e. The average molecular weight is 291 g/mol. The summed E-state index contributed by atoms with van der Waals surface area (Å²) in [4.78, 5) is 2.01. The highest BCUT2D eigenvalue weighted by atomic mass is 35.5. The van der Waals surface area contributed by atoms with Crippen LogP contribution in [0.5, 0.6) is 5.75 Å². The molecule has 2 aromatic rings. The van der Waals surface area contributed by atoms with Crippen LogP contribution < -0.4 is 15.4 Å². The Balaban J connectivity index is 2.16. The molecule has 0 aliphatic rings. The van der Waals surface area contributed by atoms with Crippen LogP contribution in [0.1, 0.15) is 11.1 Å². The van der Waals surface area contributed by atoms with Crippen molar-refractivity contribution in [3.05, 3.63) is 52.5 Å². The molecule has 2 N–H and O–H groups in total. The quantitative estimate of drug-likeness (QED) is 0.869. The molecule has 0 saturated carbocycles. The second-order valence-corrected chi connectivity index (χ2v) is 5.41. The Morgan fingerprint density at radius 2 is 1.90 bits per heavy atom. The fourth-order valence-corrected chi connectivity index (χ4v) is 2.14. The predicted molar refractivity (Wildman–Crippen MR) is 85.7 cm³/mol. The maximum atomic E-state index is 6.20. The van der Waals surface area contributed by atoms with Gasteiger partial charge in [-0.15, -0.1) is 0 Å². The van der Waals surface area contributed by atoms with Crippen molar-refractivity contribution in [1.29, 1.82) is 0 Å². The van der Waals surface area contributed by atoms with E-state index < -0.39 is 0 Å². The normalized spacial score (nSPS) is 10.4. The van der Waals surface area contributed by atoms with E-state index in [4.69, 9.17) is 22.1 Å². The molecule has 20 heavy (non-hydrogen) atoms.